The largest absolute Gasteiger partial charge is 0.492 e. The van der Waals surface area contributed by atoms with Gasteiger partial charge >= 0.3 is 0 Å². The van der Waals surface area contributed by atoms with Gasteiger partial charge in [-0.1, -0.05) is 41.9 Å². The van der Waals surface area contributed by atoms with Crippen LogP contribution in [0.25, 0.3) is 0 Å². The van der Waals surface area contributed by atoms with Gasteiger partial charge in [0.2, 0.25) is 0 Å². The number of ether oxygens (including phenoxy) is 1. The molecule has 2 nitrogen and oxygen atoms in total. The van der Waals surface area contributed by atoms with Gasteiger partial charge < -0.3 is 10.1 Å². The van der Waals surface area contributed by atoms with Gasteiger partial charge in [-0.15, -0.1) is 0 Å². The lowest BCUT2D eigenvalue weighted by Crippen LogP contribution is -2.24. The Kier molecular flexibility index (Phi) is 5.25. The smallest absolute Gasteiger partial charge is 0.119 e. The zero-order chi connectivity index (χ0) is 13.5. The van der Waals surface area contributed by atoms with Crippen LogP contribution in [0, 0.1) is 0 Å². The molecule has 2 aromatic carbocycles. The van der Waals surface area contributed by atoms with Crippen molar-refractivity contribution in [3.8, 4) is 5.75 Å². The molecule has 2 aromatic rings. The lowest BCUT2D eigenvalue weighted by atomic mass is 10.1. The van der Waals surface area contributed by atoms with E-state index in [-0.39, 0.29) is 6.04 Å². The maximum absolute atomic E-state index is 5.98. The van der Waals surface area contributed by atoms with E-state index in [0.29, 0.717) is 6.61 Å². The fourth-order valence-electron chi connectivity index (χ4n) is 1.85. The first-order valence-electron chi connectivity index (χ1n) is 6.42. The van der Waals surface area contributed by atoms with Crippen molar-refractivity contribution >= 4 is 11.6 Å². The summed E-state index contributed by atoms with van der Waals surface area (Å²) in [7, 11) is 0. The first kappa shape index (κ1) is 13.9. The summed E-state index contributed by atoms with van der Waals surface area (Å²) in [5.41, 5.74) is 1.19. The van der Waals surface area contributed by atoms with Crippen LogP contribution in [0.4, 0.5) is 0 Å². The van der Waals surface area contributed by atoms with Crippen LogP contribution in [0.1, 0.15) is 18.5 Å². The van der Waals surface area contributed by atoms with Gasteiger partial charge in [-0.05, 0) is 36.8 Å². The molecule has 0 aliphatic heterocycles. The van der Waals surface area contributed by atoms with E-state index in [1.165, 1.54) is 5.56 Å². The second-order valence-corrected chi connectivity index (χ2v) is 4.83. The number of para-hydroxylation sites is 1. The minimum Gasteiger partial charge on any atom is -0.492 e. The second kappa shape index (κ2) is 7.17. The summed E-state index contributed by atoms with van der Waals surface area (Å²) in [6, 6.07) is 18.0. The van der Waals surface area contributed by atoms with Crippen molar-refractivity contribution in [3.05, 3.63) is 65.2 Å². The quantitative estimate of drug-likeness (QED) is 0.803. The summed E-state index contributed by atoms with van der Waals surface area (Å²) in [6.45, 7) is 3.56. The average molecular weight is 276 g/mol. The molecule has 19 heavy (non-hydrogen) atoms. The Hall–Kier alpha value is -1.51. The number of hydrogen-bond donors (Lipinski definition) is 1. The Balaban J connectivity index is 1.74. The van der Waals surface area contributed by atoms with Gasteiger partial charge in [-0.3, -0.25) is 0 Å². The first-order chi connectivity index (χ1) is 9.25. The number of nitrogens with one attached hydrogen (secondary N) is 1. The van der Waals surface area contributed by atoms with Crippen molar-refractivity contribution < 1.29 is 4.74 Å². The minimum atomic E-state index is 0.262. The molecule has 0 aliphatic carbocycles. The van der Waals surface area contributed by atoms with Crippen molar-refractivity contribution in [2.24, 2.45) is 0 Å². The highest BCUT2D eigenvalue weighted by Gasteiger charge is 2.04. The zero-order valence-corrected chi connectivity index (χ0v) is 11.7. The van der Waals surface area contributed by atoms with Gasteiger partial charge in [0.1, 0.15) is 12.4 Å². The molecule has 0 fully saturated rings. The Bertz CT molecular complexity index is 501. The number of benzene rings is 2. The van der Waals surface area contributed by atoms with E-state index in [2.05, 4.69) is 18.3 Å². The van der Waals surface area contributed by atoms with E-state index in [4.69, 9.17) is 16.3 Å². The summed E-state index contributed by atoms with van der Waals surface area (Å²) in [6.07, 6.45) is 0. The monoisotopic (exact) mass is 275 g/mol. The fourth-order valence-corrected chi connectivity index (χ4v) is 2.05. The Morgan fingerprint density at radius 2 is 1.89 bits per heavy atom. The summed E-state index contributed by atoms with van der Waals surface area (Å²) >= 11 is 5.98. The van der Waals surface area contributed by atoms with E-state index >= 15 is 0 Å². The van der Waals surface area contributed by atoms with Crippen LogP contribution < -0.4 is 10.1 Å². The van der Waals surface area contributed by atoms with Crippen LogP contribution in [0.2, 0.25) is 5.02 Å². The summed E-state index contributed by atoms with van der Waals surface area (Å²) in [4.78, 5) is 0. The van der Waals surface area contributed by atoms with Crippen LogP contribution >= 0.6 is 11.6 Å². The molecular formula is C16H18ClNO. The molecule has 0 saturated heterocycles. The molecule has 0 unspecified atom stereocenters. The van der Waals surface area contributed by atoms with E-state index < -0.39 is 0 Å². The Morgan fingerprint density at radius 1 is 1.11 bits per heavy atom. The third-order valence-electron chi connectivity index (χ3n) is 2.91. The molecule has 0 spiro atoms. The van der Waals surface area contributed by atoms with Gasteiger partial charge in [0.25, 0.3) is 0 Å². The minimum absolute atomic E-state index is 0.262. The SMILES string of the molecule is C[C@H](NCCOc1ccccc1)c1cccc(Cl)c1. The van der Waals surface area contributed by atoms with Crippen molar-refractivity contribution in [1.29, 1.82) is 0 Å². The van der Waals surface area contributed by atoms with Gasteiger partial charge in [-0.25, -0.2) is 0 Å². The molecule has 3 heteroatoms. The average Bonchev–Trinajstić information content (AvgIpc) is 2.44. The van der Waals surface area contributed by atoms with E-state index in [1.807, 2.05) is 48.5 Å². The normalized spacial score (nSPS) is 12.1. The van der Waals surface area contributed by atoms with Crippen LogP contribution in [-0.2, 0) is 0 Å². The molecule has 1 atom stereocenters. The van der Waals surface area contributed by atoms with Gasteiger partial charge in [0, 0.05) is 17.6 Å². The Labute approximate surface area is 119 Å². The van der Waals surface area contributed by atoms with Gasteiger partial charge in [0.05, 0.1) is 0 Å². The summed E-state index contributed by atoms with van der Waals surface area (Å²) in [5, 5.41) is 4.18. The Morgan fingerprint density at radius 3 is 2.63 bits per heavy atom. The van der Waals surface area contributed by atoms with E-state index in [9.17, 15) is 0 Å². The lowest BCUT2D eigenvalue weighted by Gasteiger charge is -2.15. The molecule has 0 heterocycles. The second-order valence-electron chi connectivity index (χ2n) is 4.39. The maximum atomic E-state index is 5.98. The zero-order valence-electron chi connectivity index (χ0n) is 11.0. The molecule has 0 aromatic heterocycles. The third-order valence-corrected chi connectivity index (χ3v) is 3.15. The van der Waals surface area contributed by atoms with E-state index in [0.717, 1.165) is 17.3 Å². The first-order valence-corrected chi connectivity index (χ1v) is 6.80. The number of halogens is 1. The molecule has 1 N–H and O–H groups in total. The third kappa shape index (κ3) is 4.58. The van der Waals surface area contributed by atoms with Crippen LogP contribution in [0.3, 0.4) is 0 Å². The molecule has 0 radical (unpaired) electrons. The lowest BCUT2D eigenvalue weighted by molar-refractivity contribution is 0.307. The summed E-state index contributed by atoms with van der Waals surface area (Å²) < 4.78 is 5.63. The number of hydrogen-bond acceptors (Lipinski definition) is 2. The van der Waals surface area contributed by atoms with Crippen molar-refractivity contribution in [2.45, 2.75) is 13.0 Å². The highest BCUT2D eigenvalue weighted by molar-refractivity contribution is 6.30. The maximum Gasteiger partial charge on any atom is 0.119 e. The van der Waals surface area contributed by atoms with Crippen LogP contribution in [-0.4, -0.2) is 13.2 Å². The topological polar surface area (TPSA) is 21.3 Å². The molecule has 100 valence electrons. The van der Waals surface area contributed by atoms with Crippen molar-refractivity contribution in [1.82, 2.24) is 5.32 Å². The highest BCUT2D eigenvalue weighted by Crippen LogP contribution is 2.17. The molecule has 0 amide bonds. The van der Waals surface area contributed by atoms with Gasteiger partial charge in [0.15, 0.2) is 0 Å². The predicted octanol–water partition coefficient (Wildman–Crippen LogP) is 4.07. The summed E-state index contributed by atoms with van der Waals surface area (Å²) in [5.74, 6) is 0.903. The molecule has 0 saturated carbocycles. The van der Waals surface area contributed by atoms with Crippen LogP contribution in [0.5, 0.6) is 5.75 Å². The molecule has 0 bridgehead atoms. The van der Waals surface area contributed by atoms with E-state index in [1.54, 1.807) is 0 Å². The predicted molar refractivity (Wildman–Crippen MR) is 79.8 cm³/mol. The molecular weight excluding hydrogens is 258 g/mol. The fraction of sp³-hybridized carbons (Fsp3) is 0.250. The molecule has 2 rings (SSSR count). The molecule has 0 aliphatic rings. The van der Waals surface area contributed by atoms with Crippen molar-refractivity contribution in [2.75, 3.05) is 13.2 Å². The van der Waals surface area contributed by atoms with Gasteiger partial charge in [-0.2, -0.15) is 0 Å². The highest BCUT2D eigenvalue weighted by atomic mass is 35.5. The number of rotatable bonds is 6. The van der Waals surface area contributed by atoms with Crippen LogP contribution in [0.15, 0.2) is 54.6 Å². The van der Waals surface area contributed by atoms with Crippen molar-refractivity contribution in [3.63, 3.8) is 0 Å². The standard InChI is InChI=1S/C16H18ClNO/c1-13(14-6-5-7-15(17)12-14)18-10-11-19-16-8-3-2-4-9-16/h2-9,12-13,18H,10-11H2,1H3/t13-/m0/s1.